The first-order valence-electron chi connectivity index (χ1n) is 4.21. The minimum atomic E-state index is -1.18. The fourth-order valence-corrected chi connectivity index (χ4v) is 1.29. The standard InChI is InChI=1S/C10H7FN2O2/c11-7-2-3-9(8(6-7)10(14)15)13-5-1-4-12-13/h1-6H,(H,14,15). The zero-order valence-corrected chi connectivity index (χ0v) is 7.59. The first-order chi connectivity index (χ1) is 7.18. The molecule has 0 spiro atoms. The molecule has 15 heavy (non-hydrogen) atoms. The van der Waals surface area contributed by atoms with Crippen LogP contribution < -0.4 is 0 Å². The molecule has 0 unspecified atom stereocenters. The van der Waals surface area contributed by atoms with Crippen molar-refractivity contribution in [1.29, 1.82) is 0 Å². The molecule has 1 aromatic carbocycles. The summed E-state index contributed by atoms with van der Waals surface area (Å²) in [6.45, 7) is 0. The van der Waals surface area contributed by atoms with E-state index in [-0.39, 0.29) is 5.56 Å². The van der Waals surface area contributed by atoms with E-state index >= 15 is 0 Å². The summed E-state index contributed by atoms with van der Waals surface area (Å²) in [6, 6.07) is 5.21. The Hall–Kier alpha value is -2.17. The normalized spacial score (nSPS) is 10.2. The van der Waals surface area contributed by atoms with E-state index in [1.165, 1.54) is 23.0 Å². The molecule has 0 aliphatic heterocycles. The quantitative estimate of drug-likeness (QED) is 0.813. The second kappa shape index (κ2) is 3.53. The largest absolute Gasteiger partial charge is 0.478 e. The van der Waals surface area contributed by atoms with Crippen molar-refractivity contribution >= 4 is 5.97 Å². The Morgan fingerprint density at radius 1 is 1.47 bits per heavy atom. The minimum Gasteiger partial charge on any atom is -0.478 e. The molecule has 1 aromatic heterocycles. The van der Waals surface area contributed by atoms with Crippen molar-refractivity contribution in [3.05, 3.63) is 48.0 Å². The Bertz CT molecular complexity index is 494. The summed E-state index contributed by atoms with van der Waals surface area (Å²) in [5.41, 5.74) is 0.229. The lowest BCUT2D eigenvalue weighted by Crippen LogP contribution is -2.06. The molecule has 0 saturated carbocycles. The Labute approximate surface area is 84.6 Å². The summed E-state index contributed by atoms with van der Waals surface area (Å²) in [7, 11) is 0. The molecule has 0 bridgehead atoms. The van der Waals surface area contributed by atoms with Gasteiger partial charge in [-0.2, -0.15) is 5.10 Å². The molecule has 0 fully saturated rings. The summed E-state index contributed by atoms with van der Waals surface area (Å²) < 4.78 is 14.2. The van der Waals surface area contributed by atoms with Crippen molar-refractivity contribution in [3.63, 3.8) is 0 Å². The van der Waals surface area contributed by atoms with Crippen LogP contribution in [-0.4, -0.2) is 20.9 Å². The zero-order chi connectivity index (χ0) is 10.8. The van der Waals surface area contributed by atoms with Crippen molar-refractivity contribution in [2.75, 3.05) is 0 Å². The Morgan fingerprint density at radius 3 is 2.87 bits per heavy atom. The van der Waals surface area contributed by atoms with Crippen LogP contribution in [0.25, 0.3) is 5.69 Å². The molecule has 1 N–H and O–H groups in total. The van der Waals surface area contributed by atoms with Gasteiger partial charge < -0.3 is 5.11 Å². The third-order valence-corrected chi connectivity index (χ3v) is 1.94. The molecule has 2 aromatic rings. The molecular weight excluding hydrogens is 199 g/mol. The molecule has 0 radical (unpaired) electrons. The number of nitrogens with zero attached hydrogens (tertiary/aromatic N) is 2. The van der Waals surface area contributed by atoms with Crippen LogP contribution in [0.3, 0.4) is 0 Å². The predicted octanol–water partition coefficient (Wildman–Crippen LogP) is 1.71. The van der Waals surface area contributed by atoms with Crippen LogP contribution in [0, 0.1) is 5.82 Å². The Kier molecular flexibility index (Phi) is 2.21. The third kappa shape index (κ3) is 1.71. The van der Waals surface area contributed by atoms with E-state index in [0.29, 0.717) is 5.69 Å². The molecule has 1 heterocycles. The van der Waals surface area contributed by atoms with E-state index in [1.807, 2.05) is 0 Å². The number of carbonyl (C=O) groups is 1. The monoisotopic (exact) mass is 206 g/mol. The zero-order valence-electron chi connectivity index (χ0n) is 7.59. The lowest BCUT2D eigenvalue weighted by Gasteiger charge is -2.05. The van der Waals surface area contributed by atoms with Crippen molar-refractivity contribution in [3.8, 4) is 5.69 Å². The van der Waals surface area contributed by atoms with Crippen molar-refractivity contribution in [1.82, 2.24) is 9.78 Å². The molecule has 0 atom stereocenters. The predicted molar refractivity (Wildman–Crippen MR) is 50.5 cm³/mol. The average Bonchev–Trinajstić information content (AvgIpc) is 2.70. The van der Waals surface area contributed by atoms with Crippen LogP contribution in [0.15, 0.2) is 36.7 Å². The van der Waals surface area contributed by atoms with Crippen LogP contribution in [0.2, 0.25) is 0 Å². The SMILES string of the molecule is O=C(O)c1cc(F)ccc1-n1cccn1. The number of benzene rings is 1. The van der Waals surface area contributed by atoms with Gasteiger partial charge in [-0.1, -0.05) is 0 Å². The second-order valence-corrected chi connectivity index (χ2v) is 2.92. The lowest BCUT2D eigenvalue weighted by molar-refractivity contribution is 0.0696. The number of aromatic carboxylic acids is 1. The number of aromatic nitrogens is 2. The highest BCUT2D eigenvalue weighted by molar-refractivity contribution is 5.91. The van der Waals surface area contributed by atoms with Gasteiger partial charge in [0.2, 0.25) is 0 Å². The van der Waals surface area contributed by atoms with Gasteiger partial charge in [0.05, 0.1) is 11.3 Å². The van der Waals surface area contributed by atoms with Gasteiger partial charge in [-0.05, 0) is 24.3 Å². The Morgan fingerprint density at radius 2 is 2.27 bits per heavy atom. The molecule has 2 rings (SSSR count). The highest BCUT2D eigenvalue weighted by atomic mass is 19.1. The van der Waals surface area contributed by atoms with Crippen LogP contribution in [0.5, 0.6) is 0 Å². The second-order valence-electron chi connectivity index (χ2n) is 2.92. The molecule has 76 valence electrons. The molecule has 5 heteroatoms. The first kappa shape index (κ1) is 9.39. The van der Waals surface area contributed by atoms with E-state index in [2.05, 4.69) is 5.10 Å². The topological polar surface area (TPSA) is 55.1 Å². The van der Waals surface area contributed by atoms with E-state index in [0.717, 1.165) is 6.07 Å². The van der Waals surface area contributed by atoms with Crippen LogP contribution >= 0.6 is 0 Å². The molecular formula is C10H7FN2O2. The van der Waals surface area contributed by atoms with Gasteiger partial charge in [0.1, 0.15) is 5.82 Å². The summed E-state index contributed by atoms with van der Waals surface area (Å²) in [5, 5.41) is 12.8. The van der Waals surface area contributed by atoms with Crippen molar-refractivity contribution in [2.45, 2.75) is 0 Å². The van der Waals surface area contributed by atoms with Gasteiger partial charge in [0.15, 0.2) is 0 Å². The Balaban J connectivity index is 2.61. The van der Waals surface area contributed by atoms with Gasteiger partial charge in [-0.3, -0.25) is 0 Å². The molecule has 0 saturated heterocycles. The molecule has 0 aliphatic carbocycles. The average molecular weight is 206 g/mol. The molecule has 0 aliphatic rings. The van der Waals surface area contributed by atoms with Crippen molar-refractivity contribution in [2.24, 2.45) is 0 Å². The minimum absolute atomic E-state index is 0.112. The number of rotatable bonds is 2. The maximum absolute atomic E-state index is 12.9. The van der Waals surface area contributed by atoms with Crippen LogP contribution in [0.1, 0.15) is 10.4 Å². The number of halogens is 1. The highest BCUT2D eigenvalue weighted by Crippen LogP contribution is 2.15. The molecule has 0 amide bonds. The smallest absolute Gasteiger partial charge is 0.338 e. The first-order valence-corrected chi connectivity index (χ1v) is 4.21. The number of carboxylic acids is 1. The number of hydrogen-bond acceptors (Lipinski definition) is 2. The van der Waals surface area contributed by atoms with Gasteiger partial charge in [-0.15, -0.1) is 0 Å². The van der Waals surface area contributed by atoms with Gasteiger partial charge >= 0.3 is 5.97 Å². The van der Waals surface area contributed by atoms with Crippen LogP contribution in [0.4, 0.5) is 4.39 Å². The van der Waals surface area contributed by atoms with Crippen LogP contribution in [-0.2, 0) is 0 Å². The maximum Gasteiger partial charge on any atom is 0.338 e. The fourth-order valence-electron chi connectivity index (χ4n) is 1.29. The van der Waals surface area contributed by atoms with Gasteiger partial charge in [-0.25, -0.2) is 13.9 Å². The third-order valence-electron chi connectivity index (χ3n) is 1.94. The molecule has 4 nitrogen and oxygen atoms in total. The van der Waals surface area contributed by atoms with Crippen molar-refractivity contribution < 1.29 is 14.3 Å². The van der Waals surface area contributed by atoms with E-state index < -0.39 is 11.8 Å². The van der Waals surface area contributed by atoms with E-state index in [9.17, 15) is 9.18 Å². The summed E-state index contributed by atoms with van der Waals surface area (Å²) in [4.78, 5) is 10.9. The highest BCUT2D eigenvalue weighted by Gasteiger charge is 2.12. The van der Waals surface area contributed by atoms with E-state index in [4.69, 9.17) is 5.11 Å². The van der Waals surface area contributed by atoms with E-state index in [1.54, 1.807) is 12.3 Å². The summed E-state index contributed by atoms with van der Waals surface area (Å²) in [5.74, 6) is -1.76. The summed E-state index contributed by atoms with van der Waals surface area (Å²) in [6.07, 6.45) is 3.12. The summed E-state index contributed by atoms with van der Waals surface area (Å²) >= 11 is 0. The number of hydrogen-bond donors (Lipinski definition) is 1. The van der Waals surface area contributed by atoms with Gasteiger partial charge in [0, 0.05) is 12.4 Å². The number of carboxylic acid groups (broad SMARTS) is 1. The lowest BCUT2D eigenvalue weighted by atomic mass is 10.2. The maximum atomic E-state index is 12.9. The van der Waals surface area contributed by atoms with Gasteiger partial charge in [0.25, 0.3) is 0 Å². The fraction of sp³-hybridized carbons (Fsp3) is 0.